The molecule has 4 N–H and O–H groups in total. The average molecular weight is 312 g/mol. The maximum Gasteiger partial charge on any atom is 0.469 e. The number of hydrogen-bond acceptors (Lipinski definition) is 4. The summed E-state index contributed by atoms with van der Waals surface area (Å²) in [5.41, 5.74) is -1.33. The Bertz CT molecular complexity index is 281. The van der Waals surface area contributed by atoms with Gasteiger partial charge in [-0.05, 0) is 12.8 Å². The first-order chi connectivity index (χ1) is 9.25. The molecule has 122 valence electrons. The molecule has 6 nitrogen and oxygen atoms in total. The molecule has 0 aromatic carbocycles. The summed E-state index contributed by atoms with van der Waals surface area (Å²) in [5, 5.41) is 20.6. The minimum absolute atomic E-state index is 0.413. The van der Waals surface area contributed by atoms with Gasteiger partial charge in [0.25, 0.3) is 0 Å². The van der Waals surface area contributed by atoms with Crippen LogP contribution in [0.4, 0.5) is 0 Å². The second-order valence-electron chi connectivity index (χ2n) is 5.32. The Morgan fingerprint density at radius 2 is 1.50 bits per heavy atom. The molecule has 0 spiro atoms. The Morgan fingerprint density at radius 1 is 1.05 bits per heavy atom. The zero-order chi connectivity index (χ0) is 15.6. The molecule has 0 saturated heterocycles. The van der Waals surface area contributed by atoms with Crippen LogP contribution in [0.1, 0.15) is 65.2 Å². The van der Waals surface area contributed by atoms with Crippen LogP contribution in [0.5, 0.6) is 0 Å². The Morgan fingerprint density at radius 3 is 1.85 bits per heavy atom. The molecular formula is C13H29O6P. The van der Waals surface area contributed by atoms with E-state index >= 15 is 0 Å². The van der Waals surface area contributed by atoms with E-state index in [0.29, 0.717) is 12.8 Å². The lowest BCUT2D eigenvalue weighted by Crippen LogP contribution is -2.45. The van der Waals surface area contributed by atoms with Crippen molar-refractivity contribution in [3.63, 3.8) is 0 Å². The molecule has 0 heterocycles. The van der Waals surface area contributed by atoms with Crippen molar-refractivity contribution < 1.29 is 29.1 Å². The summed E-state index contributed by atoms with van der Waals surface area (Å²) in [6.07, 6.45) is 4.97. The molecule has 0 saturated carbocycles. The van der Waals surface area contributed by atoms with Crippen LogP contribution in [0, 0.1) is 0 Å². The third-order valence-corrected chi connectivity index (χ3v) is 3.93. The maximum atomic E-state index is 10.7. The van der Waals surface area contributed by atoms with Crippen LogP contribution in [-0.4, -0.2) is 38.3 Å². The molecule has 0 rings (SSSR count). The standard InChI is InChI=1S/C13H29O6P/c1-3-5-7-9-13(15,10-8-6-4-2)12(14)11-19-20(16,17)18/h12,14-15H,3-11H2,1-2H3,(H2,16,17,18)/t12-/m0/s1. The first kappa shape index (κ1) is 20.0. The Balaban J connectivity index is 4.49. The van der Waals surface area contributed by atoms with Gasteiger partial charge >= 0.3 is 7.82 Å². The van der Waals surface area contributed by atoms with E-state index in [1.165, 1.54) is 0 Å². The van der Waals surface area contributed by atoms with Crippen molar-refractivity contribution in [2.45, 2.75) is 76.9 Å². The predicted molar refractivity (Wildman–Crippen MR) is 77.2 cm³/mol. The first-order valence-corrected chi connectivity index (χ1v) is 8.88. The molecule has 0 radical (unpaired) electrons. The molecule has 20 heavy (non-hydrogen) atoms. The third kappa shape index (κ3) is 9.06. The SMILES string of the molecule is CCCCCC(O)(CCCCC)[C@@H](O)COP(=O)(O)O. The van der Waals surface area contributed by atoms with Gasteiger partial charge in [0.05, 0.1) is 12.2 Å². The molecule has 0 amide bonds. The highest BCUT2D eigenvalue weighted by Gasteiger charge is 2.36. The number of hydrogen-bond donors (Lipinski definition) is 4. The molecule has 0 aromatic rings. The van der Waals surface area contributed by atoms with E-state index in [2.05, 4.69) is 4.52 Å². The van der Waals surface area contributed by atoms with Gasteiger partial charge in [0.2, 0.25) is 0 Å². The number of aliphatic hydroxyl groups is 2. The fourth-order valence-corrected chi connectivity index (χ4v) is 2.48. The second-order valence-corrected chi connectivity index (χ2v) is 6.56. The molecule has 0 aliphatic heterocycles. The van der Waals surface area contributed by atoms with E-state index < -0.39 is 26.1 Å². The smallest absolute Gasteiger partial charge is 0.388 e. The lowest BCUT2D eigenvalue weighted by atomic mass is 9.85. The van der Waals surface area contributed by atoms with Crippen LogP contribution in [0.2, 0.25) is 0 Å². The Hall–Kier alpha value is 0.0300. The number of unbranched alkanes of at least 4 members (excludes halogenated alkanes) is 4. The number of rotatable bonds is 12. The summed E-state index contributed by atoms with van der Waals surface area (Å²) >= 11 is 0. The van der Waals surface area contributed by atoms with E-state index in [1.807, 2.05) is 13.8 Å². The summed E-state index contributed by atoms with van der Waals surface area (Å²) in [4.78, 5) is 17.3. The molecule has 0 aliphatic rings. The molecule has 0 unspecified atom stereocenters. The van der Waals surface area contributed by atoms with Gasteiger partial charge in [-0.3, -0.25) is 4.52 Å². The number of phosphoric ester groups is 1. The van der Waals surface area contributed by atoms with E-state index in [0.717, 1.165) is 38.5 Å². The third-order valence-electron chi connectivity index (χ3n) is 3.45. The van der Waals surface area contributed by atoms with Gasteiger partial charge in [-0.15, -0.1) is 0 Å². The molecule has 0 bridgehead atoms. The molecule has 0 aliphatic carbocycles. The fourth-order valence-electron chi connectivity index (χ4n) is 2.14. The van der Waals surface area contributed by atoms with E-state index in [1.54, 1.807) is 0 Å². The van der Waals surface area contributed by atoms with E-state index in [4.69, 9.17) is 9.79 Å². The average Bonchev–Trinajstić information content (AvgIpc) is 2.35. The summed E-state index contributed by atoms with van der Waals surface area (Å²) in [5.74, 6) is 0. The Kier molecular flexibility index (Phi) is 9.89. The monoisotopic (exact) mass is 312 g/mol. The zero-order valence-electron chi connectivity index (χ0n) is 12.5. The van der Waals surface area contributed by atoms with Crippen LogP contribution in [0.25, 0.3) is 0 Å². The molecule has 0 fully saturated rings. The quantitative estimate of drug-likeness (QED) is 0.325. The van der Waals surface area contributed by atoms with Crippen LogP contribution in [-0.2, 0) is 9.09 Å². The minimum Gasteiger partial charge on any atom is -0.388 e. The predicted octanol–water partition coefficient (Wildman–Crippen LogP) is 2.35. The molecular weight excluding hydrogens is 283 g/mol. The highest BCUT2D eigenvalue weighted by molar-refractivity contribution is 7.46. The summed E-state index contributed by atoms with van der Waals surface area (Å²) in [7, 11) is -4.62. The van der Waals surface area contributed by atoms with Crippen LogP contribution < -0.4 is 0 Å². The normalized spacial score (nSPS) is 14.5. The van der Waals surface area contributed by atoms with Crippen molar-refractivity contribution in [1.82, 2.24) is 0 Å². The first-order valence-electron chi connectivity index (χ1n) is 7.35. The van der Waals surface area contributed by atoms with Crippen molar-refractivity contribution in [2.24, 2.45) is 0 Å². The lowest BCUT2D eigenvalue weighted by molar-refractivity contribution is -0.105. The summed E-state index contributed by atoms with van der Waals surface area (Å²) in [6.45, 7) is 3.53. The molecule has 1 atom stereocenters. The highest BCUT2D eigenvalue weighted by Crippen LogP contribution is 2.37. The molecule has 7 heteroatoms. The second kappa shape index (κ2) is 9.87. The van der Waals surface area contributed by atoms with Gasteiger partial charge < -0.3 is 20.0 Å². The Labute approximate surface area is 121 Å². The van der Waals surface area contributed by atoms with Crippen molar-refractivity contribution in [2.75, 3.05) is 6.61 Å². The minimum atomic E-state index is -4.62. The summed E-state index contributed by atoms with van der Waals surface area (Å²) in [6, 6.07) is 0. The van der Waals surface area contributed by atoms with Crippen molar-refractivity contribution in [1.29, 1.82) is 0 Å². The lowest BCUT2D eigenvalue weighted by Gasteiger charge is -2.33. The van der Waals surface area contributed by atoms with E-state index in [9.17, 15) is 14.8 Å². The van der Waals surface area contributed by atoms with Crippen molar-refractivity contribution in [3.8, 4) is 0 Å². The fraction of sp³-hybridized carbons (Fsp3) is 1.00. The van der Waals surface area contributed by atoms with Gasteiger partial charge in [0, 0.05) is 0 Å². The number of aliphatic hydroxyl groups excluding tert-OH is 1. The molecule has 0 aromatic heterocycles. The largest absolute Gasteiger partial charge is 0.469 e. The highest BCUT2D eigenvalue weighted by atomic mass is 31.2. The van der Waals surface area contributed by atoms with Gasteiger partial charge in [0.1, 0.15) is 6.10 Å². The van der Waals surface area contributed by atoms with Gasteiger partial charge in [-0.1, -0.05) is 52.4 Å². The topological polar surface area (TPSA) is 107 Å². The van der Waals surface area contributed by atoms with Crippen molar-refractivity contribution in [3.05, 3.63) is 0 Å². The van der Waals surface area contributed by atoms with Gasteiger partial charge in [-0.25, -0.2) is 4.57 Å². The zero-order valence-corrected chi connectivity index (χ0v) is 13.4. The summed E-state index contributed by atoms with van der Waals surface area (Å²) < 4.78 is 15.0. The van der Waals surface area contributed by atoms with E-state index in [-0.39, 0.29) is 0 Å². The van der Waals surface area contributed by atoms with Crippen LogP contribution in [0.3, 0.4) is 0 Å². The van der Waals surface area contributed by atoms with Gasteiger partial charge in [0.15, 0.2) is 0 Å². The van der Waals surface area contributed by atoms with Crippen LogP contribution >= 0.6 is 7.82 Å². The maximum absolute atomic E-state index is 10.7. The van der Waals surface area contributed by atoms with Crippen molar-refractivity contribution >= 4 is 7.82 Å². The van der Waals surface area contributed by atoms with Gasteiger partial charge in [-0.2, -0.15) is 0 Å². The number of phosphoric acid groups is 1. The van der Waals surface area contributed by atoms with Crippen LogP contribution in [0.15, 0.2) is 0 Å².